The molecule has 0 aromatic rings. The van der Waals surface area contributed by atoms with Crippen molar-refractivity contribution in [1.82, 2.24) is 0 Å². The molecule has 2 N–H and O–H groups in total. The summed E-state index contributed by atoms with van der Waals surface area (Å²) in [4.78, 5) is 11.9. The normalized spacial score (nSPS) is 29.8. The van der Waals surface area contributed by atoms with Crippen molar-refractivity contribution in [3.63, 3.8) is 0 Å². The molecule has 4 nitrogen and oxygen atoms in total. The van der Waals surface area contributed by atoms with Gasteiger partial charge in [0.2, 0.25) is 0 Å². The van der Waals surface area contributed by atoms with Crippen molar-refractivity contribution in [2.24, 2.45) is 5.92 Å². The number of hydrogen-bond acceptors (Lipinski definition) is 4. The first kappa shape index (κ1) is 21.7. The molecule has 3 unspecified atom stereocenters. The smallest absolute Gasteiger partial charge is 0.333 e. The predicted octanol–water partition coefficient (Wildman–Crippen LogP) is 4.08. The van der Waals surface area contributed by atoms with E-state index in [1.165, 1.54) is 18.3 Å². The van der Waals surface area contributed by atoms with Gasteiger partial charge in [-0.25, -0.2) is 4.79 Å². The Morgan fingerprint density at radius 2 is 1.84 bits per heavy atom. The molecule has 0 heterocycles. The van der Waals surface area contributed by atoms with Crippen molar-refractivity contribution >= 4 is 5.97 Å². The van der Waals surface area contributed by atoms with Crippen LogP contribution in [-0.2, 0) is 9.53 Å². The Morgan fingerprint density at radius 1 is 1.24 bits per heavy atom. The number of ether oxygens (including phenoxy) is 1. The van der Waals surface area contributed by atoms with Gasteiger partial charge in [0, 0.05) is 5.57 Å². The van der Waals surface area contributed by atoms with Crippen LogP contribution < -0.4 is 0 Å². The first-order valence-corrected chi connectivity index (χ1v) is 9.16. The lowest BCUT2D eigenvalue weighted by Crippen LogP contribution is -2.41. The Labute approximate surface area is 152 Å². The van der Waals surface area contributed by atoms with Gasteiger partial charge in [-0.05, 0) is 71.6 Å². The Balaban J connectivity index is 3.00. The average Bonchev–Trinajstić information content (AvgIpc) is 2.55. The molecule has 0 aliphatic heterocycles. The first-order valence-electron chi connectivity index (χ1n) is 9.16. The van der Waals surface area contributed by atoms with Crippen LogP contribution in [0, 0.1) is 5.92 Å². The summed E-state index contributed by atoms with van der Waals surface area (Å²) in [5, 5.41) is 21.2. The van der Waals surface area contributed by atoms with Gasteiger partial charge in [-0.2, -0.15) is 0 Å². The molecular formula is C21H34O4. The number of aliphatic hydroxyl groups excluding tert-OH is 1. The van der Waals surface area contributed by atoms with E-state index in [-0.39, 0.29) is 5.92 Å². The van der Waals surface area contributed by atoms with Crippen molar-refractivity contribution in [3.8, 4) is 0 Å². The highest BCUT2D eigenvalue weighted by Crippen LogP contribution is 2.30. The summed E-state index contributed by atoms with van der Waals surface area (Å²) in [7, 11) is 1.34. The van der Waals surface area contributed by atoms with Crippen LogP contribution >= 0.6 is 0 Å². The summed E-state index contributed by atoms with van der Waals surface area (Å²) in [6.45, 7) is 9.73. The Bertz CT molecular complexity index is 528. The molecule has 0 radical (unpaired) electrons. The molecule has 1 aliphatic rings. The van der Waals surface area contributed by atoms with Crippen LogP contribution in [0.2, 0.25) is 0 Å². The number of methoxy groups -OCH3 is 1. The predicted molar refractivity (Wildman–Crippen MR) is 101 cm³/mol. The zero-order valence-electron chi connectivity index (χ0n) is 16.2. The lowest BCUT2D eigenvalue weighted by molar-refractivity contribution is -0.137. The molecule has 0 fully saturated rings. The van der Waals surface area contributed by atoms with Gasteiger partial charge in [0.1, 0.15) is 0 Å². The lowest BCUT2D eigenvalue weighted by Gasteiger charge is -2.32. The standard InChI is InChI=1S/C21H34O4/c1-15-8-6-9-16(2)11-12-18(17(3)20(23)25-5)14-19(22)21(4,24)13-7-10-15/h9-10,18-19,22,24H,3,6-8,11-14H2,1-2,4-5H3. The second-order valence-electron chi connectivity index (χ2n) is 7.54. The molecule has 1 rings (SSSR count). The average molecular weight is 350 g/mol. The molecule has 0 aromatic carbocycles. The van der Waals surface area contributed by atoms with E-state index >= 15 is 0 Å². The maximum atomic E-state index is 11.9. The highest BCUT2D eigenvalue weighted by molar-refractivity contribution is 5.88. The summed E-state index contributed by atoms with van der Waals surface area (Å²) >= 11 is 0. The zero-order chi connectivity index (χ0) is 19.0. The van der Waals surface area contributed by atoms with Gasteiger partial charge in [-0.3, -0.25) is 0 Å². The number of carbonyl (C=O) groups excluding carboxylic acids is 1. The van der Waals surface area contributed by atoms with Crippen LogP contribution in [0.1, 0.15) is 65.7 Å². The van der Waals surface area contributed by atoms with E-state index in [0.29, 0.717) is 24.8 Å². The third kappa shape index (κ3) is 7.17. The van der Waals surface area contributed by atoms with Crippen molar-refractivity contribution < 1.29 is 19.7 Å². The molecule has 1 aliphatic carbocycles. The zero-order valence-corrected chi connectivity index (χ0v) is 16.2. The van der Waals surface area contributed by atoms with E-state index in [1.807, 2.05) is 0 Å². The number of aliphatic hydroxyl groups is 2. The fourth-order valence-electron chi connectivity index (χ4n) is 3.19. The van der Waals surface area contributed by atoms with Crippen molar-refractivity contribution in [2.75, 3.05) is 7.11 Å². The minimum atomic E-state index is -1.19. The van der Waals surface area contributed by atoms with E-state index in [9.17, 15) is 15.0 Å². The highest BCUT2D eigenvalue weighted by atomic mass is 16.5. The molecule has 0 bridgehead atoms. The third-order valence-corrected chi connectivity index (χ3v) is 5.23. The summed E-state index contributed by atoms with van der Waals surface area (Å²) in [5.41, 5.74) is 1.76. The van der Waals surface area contributed by atoms with Gasteiger partial charge in [-0.1, -0.05) is 29.9 Å². The van der Waals surface area contributed by atoms with E-state index in [1.54, 1.807) is 6.92 Å². The number of hydrogen-bond donors (Lipinski definition) is 2. The van der Waals surface area contributed by atoms with Gasteiger partial charge < -0.3 is 14.9 Å². The van der Waals surface area contributed by atoms with E-state index in [4.69, 9.17) is 4.74 Å². The Hall–Kier alpha value is -1.39. The van der Waals surface area contributed by atoms with Crippen LogP contribution in [0.3, 0.4) is 0 Å². The first-order chi connectivity index (χ1) is 11.7. The molecule has 0 amide bonds. The number of allylic oxidation sites excluding steroid dienone is 4. The van der Waals surface area contributed by atoms with E-state index < -0.39 is 17.7 Å². The van der Waals surface area contributed by atoms with Crippen molar-refractivity contribution in [2.45, 2.75) is 77.4 Å². The minimum Gasteiger partial charge on any atom is -0.466 e. The molecule has 0 spiro atoms. The summed E-state index contributed by atoms with van der Waals surface area (Å²) in [5.74, 6) is -0.657. The molecule has 25 heavy (non-hydrogen) atoms. The fourth-order valence-corrected chi connectivity index (χ4v) is 3.19. The minimum absolute atomic E-state index is 0.211. The summed E-state index contributed by atoms with van der Waals surface area (Å²) in [6.07, 6.45) is 8.51. The molecule has 142 valence electrons. The highest BCUT2D eigenvalue weighted by Gasteiger charge is 2.33. The maximum Gasteiger partial charge on any atom is 0.333 e. The summed E-state index contributed by atoms with van der Waals surface area (Å²) < 4.78 is 4.80. The van der Waals surface area contributed by atoms with Crippen molar-refractivity contribution in [3.05, 3.63) is 35.5 Å². The number of rotatable bonds is 2. The molecule has 3 atom stereocenters. The largest absolute Gasteiger partial charge is 0.466 e. The summed E-state index contributed by atoms with van der Waals surface area (Å²) in [6, 6.07) is 0. The molecule has 0 saturated carbocycles. The van der Waals surface area contributed by atoms with Gasteiger partial charge in [0.25, 0.3) is 0 Å². The molecule has 4 heteroatoms. The maximum absolute atomic E-state index is 11.9. The number of carbonyl (C=O) groups is 1. The van der Waals surface area contributed by atoms with Crippen LogP contribution in [0.25, 0.3) is 0 Å². The van der Waals surface area contributed by atoms with E-state index in [0.717, 1.165) is 25.7 Å². The lowest BCUT2D eigenvalue weighted by atomic mass is 9.81. The SMILES string of the molecule is C=C(C(=O)OC)C1CCC(C)=CCCC(C)=CCCC(C)(O)C(O)C1. The van der Waals surface area contributed by atoms with Gasteiger partial charge in [0.05, 0.1) is 18.8 Å². The van der Waals surface area contributed by atoms with Crippen LogP contribution in [0.5, 0.6) is 0 Å². The van der Waals surface area contributed by atoms with Gasteiger partial charge in [-0.15, -0.1) is 0 Å². The monoisotopic (exact) mass is 350 g/mol. The van der Waals surface area contributed by atoms with Crippen LogP contribution in [0.4, 0.5) is 0 Å². The molecule has 0 saturated heterocycles. The Kier molecular flexibility index (Phi) is 8.60. The third-order valence-electron chi connectivity index (χ3n) is 5.23. The molecule has 0 aromatic heterocycles. The van der Waals surface area contributed by atoms with Crippen LogP contribution in [-0.4, -0.2) is 35.0 Å². The second-order valence-corrected chi connectivity index (χ2v) is 7.54. The number of esters is 1. The quantitative estimate of drug-likeness (QED) is 0.447. The van der Waals surface area contributed by atoms with Crippen molar-refractivity contribution in [1.29, 1.82) is 0 Å². The topological polar surface area (TPSA) is 66.8 Å². The second kappa shape index (κ2) is 9.93. The van der Waals surface area contributed by atoms with Gasteiger partial charge in [0.15, 0.2) is 0 Å². The van der Waals surface area contributed by atoms with E-state index in [2.05, 4.69) is 32.6 Å². The van der Waals surface area contributed by atoms with Gasteiger partial charge >= 0.3 is 5.97 Å². The molecular weight excluding hydrogens is 316 g/mol. The van der Waals surface area contributed by atoms with Crippen LogP contribution in [0.15, 0.2) is 35.5 Å². The fraction of sp³-hybridized carbons (Fsp3) is 0.667. The Morgan fingerprint density at radius 3 is 2.48 bits per heavy atom.